The number of hydrogen-bond donors (Lipinski definition) is 0. The molecule has 2 aromatic carbocycles. The number of carbonyl (C=O) groups is 1. The number of anilines is 2. The number of aromatic nitrogens is 2. The summed E-state index contributed by atoms with van der Waals surface area (Å²) in [6, 6.07) is 18.8. The maximum atomic E-state index is 13.4. The Morgan fingerprint density at radius 1 is 1.04 bits per heavy atom. The van der Waals surface area contributed by atoms with E-state index in [0.29, 0.717) is 28.6 Å². The topological polar surface area (TPSA) is 46.8 Å². The molecule has 0 bridgehead atoms. The monoisotopic (exact) mass is 361 g/mol. The van der Waals surface area contributed by atoms with Crippen LogP contribution in [0, 0.1) is 5.82 Å². The summed E-state index contributed by atoms with van der Waals surface area (Å²) in [6.07, 6.45) is 2.58. The van der Waals surface area contributed by atoms with E-state index in [0.717, 1.165) is 12.0 Å². The van der Waals surface area contributed by atoms with Gasteiger partial charge in [0.2, 0.25) is 6.41 Å². The average Bonchev–Trinajstić information content (AvgIpc) is 3.09. The smallest absolute Gasteiger partial charge is 0.219 e. The van der Waals surface area contributed by atoms with Crippen LogP contribution in [0.5, 0.6) is 5.75 Å². The number of halogens is 1. The highest BCUT2D eigenvalue weighted by Gasteiger charge is 2.21. The Labute approximate surface area is 155 Å². The molecular weight excluding hydrogens is 345 g/mol. The van der Waals surface area contributed by atoms with E-state index < -0.39 is 0 Å². The molecule has 27 heavy (non-hydrogen) atoms. The lowest BCUT2D eigenvalue weighted by molar-refractivity contribution is -0.106. The molecule has 4 aromatic rings. The van der Waals surface area contributed by atoms with E-state index in [1.54, 1.807) is 43.5 Å². The minimum atomic E-state index is -0.327. The van der Waals surface area contributed by atoms with Crippen LogP contribution < -0.4 is 9.64 Å². The molecule has 4 rings (SSSR count). The van der Waals surface area contributed by atoms with E-state index in [1.165, 1.54) is 17.0 Å². The Kier molecular flexibility index (Phi) is 4.30. The van der Waals surface area contributed by atoms with Crippen LogP contribution in [0.1, 0.15) is 0 Å². The van der Waals surface area contributed by atoms with Crippen LogP contribution in [0.15, 0.2) is 72.9 Å². The highest BCUT2D eigenvalue weighted by molar-refractivity contribution is 5.92. The number of methoxy groups -OCH3 is 1. The normalized spacial score (nSPS) is 10.7. The van der Waals surface area contributed by atoms with Crippen LogP contribution in [0.3, 0.4) is 0 Å². The van der Waals surface area contributed by atoms with Crippen molar-refractivity contribution in [2.24, 2.45) is 0 Å². The molecule has 2 aromatic heterocycles. The van der Waals surface area contributed by atoms with Gasteiger partial charge in [0.1, 0.15) is 22.9 Å². The van der Waals surface area contributed by atoms with Gasteiger partial charge in [-0.05, 0) is 60.7 Å². The third-order valence-corrected chi connectivity index (χ3v) is 4.31. The summed E-state index contributed by atoms with van der Waals surface area (Å²) in [4.78, 5) is 18.2. The first-order valence-corrected chi connectivity index (χ1v) is 8.33. The maximum absolute atomic E-state index is 13.4. The van der Waals surface area contributed by atoms with Gasteiger partial charge in [0.05, 0.1) is 12.8 Å². The van der Waals surface area contributed by atoms with Gasteiger partial charge in [0.15, 0.2) is 5.82 Å². The summed E-state index contributed by atoms with van der Waals surface area (Å²) in [5.74, 6) is 0.949. The predicted molar refractivity (Wildman–Crippen MR) is 102 cm³/mol. The van der Waals surface area contributed by atoms with Gasteiger partial charge in [-0.15, -0.1) is 0 Å². The summed E-state index contributed by atoms with van der Waals surface area (Å²) in [7, 11) is 1.59. The lowest BCUT2D eigenvalue weighted by Gasteiger charge is -2.19. The molecule has 0 radical (unpaired) electrons. The fourth-order valence-electron chi connectivity index (χ4n) is 2.99. The Morgan fingerprint density at radius 3 is 2.44 bits per heavy atom. The Hall–Kier alpha value is -3.67. The molecular formula is C21H16FN3O2. The molecule has 0 saturated heterocycles. The third-order valence-electron chi connectivity index (χ3n) is 4.31. The maximum Gasteiger partial charge on any atom is 0.219 e. The van der Waals surface area contributed by atoms with E-state index in [2.05, 4.69) is 4.98 Å². The largest absolute Gasteiger partial charge is 0.497 e. The minimum absolute atomic E-state index is 0.327. The van der Waals surface area contributed by atoms with Crippen molar-refractivity contribution in [3.63, 3.8) is 0 Å². The minimum Gasteiger partial charge on any atom is -0.497 e. The number of pyridine rings is 1. The number of imidazole rings is 1. The third kappa shape index (κ3) is 3.01. The van der Waals surface area contributed by atoms with Gasteiger partial charge in [-0.2, -0.15) is 0 Å². The summed E-state index contributed by atoms with van der Waals surface area (Å²) >= 11 is 0. The van der Waals surface area contributed by atoms with Crippen molar-refractivity contribution in [1.82, 2.24) is 9.38 Å². The molecule has 0 fully saturated rings. The van der Waals surface area contributed by atoms with E-state index in [-0.39, 0.29) is 5.82 Å². The zero-order chi connectivity index (χ0) is 18.8. The molecule has 0 unspecified atom stereocenters. The second-order valence-electron chi connectivity index (χ2n) is 5.89. The van der Waals surface area contributed by atoms with Gasteiger partial charge in [-0.1, -0.05) is 6.07 Å². The molecule has 0 N–H and O–H groups in total. The van der Waals surface area contributed by atoms with E-state index >= 15 is 0 Å². The van der Waals surface area contributed by atoms with Crippen LogP contribution in [0.2, 0.25) is 0 Å². The summed E-state index contributed by atoms with van der Waals surface area (Å²) in [5, 5.41) is 0. The van der Waals surface area contributed by atoms with Crippen molar-refractivity contribution in [3.8, 4) is 17.0 Å². The molecule has 0 atom stereocenters. The fourth-order valence-corrected chi connectivity index (χ4v) is 2.99. The molecule has 6 heteroatoms. The number of amides is 1. The number of fused-ring (bicyclic) bond motifs is 1. The highest BCUT2D eigenvalue weighted by Crippen LogP contribution is 2.35. The van der Waals surface area contributed by atoms with Gasteiger partial charge in [0, 0.05) is 11.8 Å². The molecule has 0 saturated carbocycles. The number of ether oxygens (including phenoxy) is 1. The van der Waals surface area contributed by atoms with Crippen LogP contribution in [0.25, 0.3) is 16.9 Å². The standard InChI is InChI=1S/C21H16FN3O2/c1-27-18-11-9-17(10-12-18)25(14-26)21-20(15-5-7-16(22)8-6-15)23-19-4-2-3-13-24(19)21/h2-14H,1H3. The van der Waals surface area contributed by atoms with Gasteiger partial charge in [0.25, 0.3) is 0 Å². The molecule has 0 aliphatic carbocycles. The number of carbonyl (C=O) groups excluding carboxylic acids is 1. The molecule has 0 spiro atoms. The quantitative estimate of drug-likeness (QED) is 0.494. The summed E-state index contributed by atoms with van der Waals surface area (Å²) < 4.78 is 20.4. The van der Waals surface area contributed by atoms with Crippen LogP contribution in [0.4, 0.5) is 15.9 Å². The Morgan fingerprint density at radius 2 is 1.78 bits per heavy atom. The van der Waals surface area contributed by atoms with Crippen molar-refractivity contribution >= 4 is 23.6 Å². The van der Waals surface area contributed by atoms with E-state index in [9.17, 15) is 9.18 Å². The number of nitrogens with zero attached hydrogens (tertiary/aromatic N) is 3. The Bertz CT molecular complexity index is 1090. The number of hydrogen-bond acceptors (Lipinski definition) is 3. The second-order valence-corrected chi connectivity index (χ2v) is 5.89. The van der Waals surface area contributed by atoms with Crippen molar-refractivity contribution in [2.45, 2.75) is 0 Å². The van der Waals surface area contributed by atoms with Crippen molar-refractivity contribution in [3.05, 3.63) is 78.7 Å². The van der Waals surface area contributed by atoms with Crippen LogP contribution in [-0.4, -0.2) is 22.9 Å². The molecule has 0 aliphatic heterocycles. The van der Waals surface area contributed by atoms with Crippen LogP contribution >= 0.6 is 0 Å². The number of benzene rings is 2. The highest BCUT2D eigenvalue weighted by atomic mass is 19.1. The molecule has 5 nitrogen and oxygen atoms in total. The first kappa shape index (κ1) is 16.8. The first-order valence-electron chi connectivity index (χ1n) is 8.33. The fraction of sp³-hybridized carbons (Fsp3) is 0.0476. The Balaban J connectivity index is 1.93. The first-order chi connectivity index (χ1) is 13.2. The van der Waals surface area contributed by atoms with Crippen molar-refractivity contribution in [2.75, 3.05) is 12.0 Å². The van der Waals surface area contributed by atoms with E-state index in [4.69, 9.17) is 4.74 Å². The molecule has 134 valence electrons. The lowest BCUT2D eigenvalue weighted by atomic mass is 10.1. The molecule has 0 aliphatic rings. The van der Waals surface area contributed by atoms with Gasteiger partial charge >= 0.3 is 0 Å². The van der Waals surface area contributed by atoms with Crippen LogP contribution in [-0.2, 0) is 4.79 Å². The van der Waals surface area contributed by atoms with Crippen molar-refractivity contribution in [1.29, 1.82) is 0 Å². The SMILES string of the molecule is COc1ccc(N(C=O)c2c(-c3ccc(F)cc3)nc3ccccn23)cc1. The molecule has 2 heterocycles. The van der Waals surface area contributed by atoms with E-state index in [1.807, 2.05) is 28.8 Å². The zero-order valence-electron chi connectivity index (χ0n) is 14.5. The van der Waals surface area contributed by atoms with Gasteiger partial charge in [-0.25, -0.2) is 9.37 Å². The van der Waals surface area contributed by atoms with Gasteiger partial charge < -0.3 is 4.74 Å². The summed E-state index contributed by atoms with van der Waals surface area (Å²) in [5.41, 5.74) is 2.66. The average molecular weight is 361 g/mol. The van der Waals surface area contributed by atoms with Gasteiger partial charge in [-0.3, -0.25) is 14.1 Å². The second kappa shape index (κ2) is 6.92. The zero-order valence-corrected chi connectivity index (χ0v) is 14.5. The molecule has 1 amide bonds. The van der Waals surface area contributed by atoms with Crippen molar-refractivity contribution < 1.29 is 13.9 Å². The predicted octanol–water partition coefficient (Wildman–Crippen LogP) is 4.44. The number of rotatable bonds is 5. The summed E-state index contributed by atoms with van der Waals surface area (Å²) in [6.45, 7) is 0. The lowest BCUT2D eigenvalue weighted by Crippen LogP contribution is -2.16.